The van der Waals surface area contributed by atoms with Gasteiger partial charge >= 0.3 is 0 Å². The van der Waals surface area contributed by atoms with Crippen LogP contribution in [0.3, 0.4) is 0 Å². The Bertz CT molecular complexity index is 461. The summed E-state index contributed by atoms with van der Waals surface area (Å²) in [5, 5.41) is 0. The lowest BCUT2D eigenvalue weighted by Gasteiger charge is -2.18. The van der Waals surface area contributed by atoms with Crippen LogP contribution >= 0.6 is 0 Å². The standard InChI is InChI=1S/C11H18N2O2S/c1-11(2,3)8-9-5-6-12-10(7-9)13-16(4,14)15/h5-7H,8H2,1-4H3,(H,12,13). The zero-order valence-corrected chi connectivity index (χ0v) is 10.9. The third-order valence-corrected chi connectivity index (χ3v) is 2.43. The van der Waals surface area contributed by atoms with Crippen molar-refractivity contribution in [3.05, 3.63) is 23.9 Å². The van der Waals surface area contributed by atoms with E-state index in [1.165, 1.54) is 0 Å². The SMILES string of the molecule is CC(C)(C)Cc1ccnc(NS(C)(=O)=O)c1. The fourth-order valence-electron chi connectivity index (χ4n) is 1.44. The summed E-state index contributed by atoms with van der Waals surface area (Å²) in [7, 11) is -3.25. The van der Waals surface area contributed by atoms with E-state index in [2.05, 4.69) is 30.5 Å². The minimum absolute atomic E-state index is 0.170. The smallest absolute Gasteiger partial charge is 0.230 e. The molecule has 5 heteroatoms. The minimum Gasteiger partial charge on any atom is -0.268 e. The maximum atomic E-state index is 11.0. The number of hydrogen-bond acceptors (Lipinski definition) is 3. The summed E-state index contributed by atoms with van der Waals surface area (Å²) in [6.07, 6.45) is 3.62. The van der Waals surface area contributed by atoms with Crippen LogP contribution in [0.15, 0.2) is 18.3 Å². The summed E-state index contributed by atoms with van der Waals surface area (Å²) in [6.45, 7) is 6.41. The predicted octanol–water partition coefficient (Wildman–Crippen LogP) is 2.04. The number of nitrogens with one attached hydrogen (secondary N) is 1. The summed E-state index contributed by atoms with van der Waals surface area (Å²) in [4.78, 5) is 3.96. The van der Waals surface area contributed by atoms with Crippen LogP contribution in [0.1, 0.15) is 26.3 Å². The van der Waals surface area contributed by atoms with Gasteiger partial charge in [-0.2, -0.15) is 0 Å². The van der Waals surface area contributed by atoms with Crippen LogP contribution in [0.2, 0.25) is 0 Å². The van der Waals surface area contributed by atoms with Crippen LogP contribution in [0, 0.1) is 5.41 Å². The Balaban J connectivity index is 2.88. The Kier molecular flexibility index (Phi) is 3.57. The molecular weight excluding hydrogens is 224 g/mol. The molecule has 0 unspecified atom stereocenters. The molecular formula is C11H18N2O2S. The van der Waals surface area contributed by atoms with Gasteiger partial charge in [-0.1, -0.05) is 20.8 Å². The van der Waals surface area contributed by atoms with Crippen molar-refractivity contribution in [2.24, 2.45) is 5.41 Å². The molecule has 16 heavy (non-hydrogen) atoms. The Morgan fingerprint density at radius 1 is 1.38 bits per heavy atom. The molecule has 0 aliphatic rings. The highest BCUT2D eigenvalue weighted by molar-refractivity contribution is 7.92. The third-order valence-electron chi connectivity index (χ3n) is 1.85. The van der Waals surface area contributed by atoms with Gasteiger partial charge in [0.2, 0.25) is 10.0 Å². The molecule has 0 aromatic carbocycles. The number of sulfonamides is 1. The van der Waals surface area contributed by atoms with Gasteiger partial charge in [-0.15, -0.1) is 0 Å². The van der Waals surface area contributed by atoms with E-state index >= 15 is 0 Å². The van der Waals surface area contributed by atoms with Crippen molar-refractivity contribution in [1.82, 2.24) is 4.98 Å². The molecule has 0 aliphatic carbocycles. The first kappa shape index (κ1) is 13.0. The molecule has 1 N–H and O–H groups in total. The van der Waals surface area contributed by atoms with Gasteiger partial charge in [-0.25, -0.2) is 13.4 Å². The maximum absolute atomic E-state index is 11.0. The highest BCUT2D eigenvalue weighted by Gasteiger charge is 2.12. The topological polar surface area (TPSA) is 59.1 Å². The van der Waals surface area contributed by atoms with Gasteiger partial charge in [-0.3, -0.25) is 4.72 Å². The Morgan fingerprint density at radius 3 is 2.50 bits per heavy atom. The second kappa shape index (κ2) is 4.41. The van der Waals surface area contributed by atoms with Crippen molar-refractivity contribution in [2.45, 2.75) is 27.2 Å². The first-order valence-electron chi connectivity index (χ1n) is 5.08. The number of rotatable bonds is 3. The number of nitrogens with zero attached hydrogens (tertiary/aromatic N) is 1. The molecule has 0 aliphatic heterocycles. The lowest BCUT2D eigenvalue weighted by atomic mass is 9.88. The van der Waals surface area contributed by atoms with Crippen molar-refractivity contribution in [3.8, 4) is 0 Å². The van der Waals surface area contributed by atoms with Gasteiger partial charge in [-0.05, 0) is 29.5 Å². The Morgan fingerprint density at radius 2 is 2.00 bits per heavy atom. The van der Waals surface area contributed by atoms with Crippen molar-refractivity contribution in [2.75, 3.05) is 11.0 Å². The normalized spacial score (nSPS) is 12.5. The van der Waals surface area contributed by atoms with Gasteiger partial charge in [0.05, 0.1) is 6.26 Å². The van der Waals surface area contributed by atoms with Gasteiger partial charge in [0.1, 0.15) is 5.82 Å². The molecule has 0 fully saturated rings. The number of anilines is 1. The van der Waals surface area contributed by atoms with E-state index in [1.807, 2.05) is 6.07 Å². The Labute approximate surface area is 97.2 Å². The molecule has 0 saturated heterocycles. The first-order chi connectivity index (χ1) is 7.16. The van der Waals surface area contributed by atoms with Crippen LogP contribution in [-0.2, 0) is 16.4 Å². The van der Waals surface area contributed by atoms with Crippen LogP contribution in [-0.4, -0.2) is 19.7 Å². The summed E-state index contributed by atoms with van der Waals surface area (Å²) in [6, 6.07) is 3.67. The molecule has 1 aromatic rings. The van der Waals surface area contributed by atoms with E-state index in [0.717, 1.165) is 18.2 Å². The fourth-order valence-corrected chi connectivity index (χ4v) is 1.93. The molecule has 0 atom stereocenters. The molecule has 0 saturated carbocycles. The lowest BCUT2D eigenvalue weighted by molar-refractivity contribution is 0.411. The summed E-state index contributed by atoms with van der Waals surface area (Å²) in [5.41, 5.74) is 1.25. The fraction of sp³-hybridized carbons (Fsp3) is 0.545. The second-order valence-corrected chi connectivity index (χ2v) is 6.91. The first-order valence-corrected chi connectivity index (χ1v) is 6.98. The molecule has 1 rings (SSSR count). The molecule has 0 radical (unpaired) electrons. The van der Waals surface area contributed by atoms with Gasteiger partial charge in [0.15, 0.2) is 0 Å². The third kappa shape index (κ3) is 5.11. The van der Waals surface area contributed by atoms with E-state index in [-0.39, 0.29) is 5.41 Å². The van der Waals surface area contributed by atoms with E-state index in [1.54, 1.807) is 12.3 Å². The van der Waals surface area contributed by atoms with Crippen molar-refractivity contribution in [1.29, 1.82) is 0 Å². The molecule has 0 spiro atoms. The van der Waals surface area contributed by atoms with Gasteiger partial charge in [0.25, 0.3) is 0 Å². The van der Waals surface area contributed by atoms with E-state index in [9.17, 15) is 8.42 Å². The number of pyridine rings is 1. The highest BCUT2D eigenvalue weighted by atomic mass is 32.2. The molecule has 4 nitrogen and oxygen atoms in total. The van der Waals surface area contributed by atoms with Crippen molar-refractivity contribution >= 4 is 15.8 Å². The molecule has 90 valence electrons. The molecule has 0 amide bonds. The summed E-state index contributed by atoms with van der Waals surface area (Å²) in [5.74, 6) is 0.379. The van der Waals surface area contributed by atoms with Crippen LogP contribution in [0.25, 0.3) is 0 Å². The van der Waals surface area contributed by atoms with Crippen LogP contribution < -0.4 is 4.72 Å². The highest BCUT2D eigenvalue weighted by Crippen LogP contribution is 2.21. The minimum atomic E-state index is -3.25. The average Bonchev–Trinajstić information content (AvgIpc) is 1.96. The van der Waals surface area contributed by atoms with Gasteiger partial charge < -0.3 is 0 Å². The van der Waals surface area contributed by atoms with E-state index in [0.29, 0.717) is 5.82 Å². The van der Waals surface area contributed by atoms with E-state index < -0.39 is 10.0 Å². The largest absolute Gasteiger partial charge is 0.268 e. The van der Waals surface area contributed by atoms with Crippen LogP contribution in [0.4, 0.5) is 5.82 Å². The second-order valence-electron chi connectivity index (χ2n) is 5.16. The van der Waals surface area contributed by atoms with Crippen molar-refractivity contribution < 1.29 is 8.42 Å². The lowest BCUT2D eigenvalue weighted by Crippen LogP contribution is -2.12. The Hall–Kier alpha value is -1.10. The molecule has 1 heterocycles. The zero-order chi connectivity index (χ0) is 12.4. The predicted molar refractivity (Wildman–Crippen MR) is 65.9 cm³/mol. The van der Waals surface area contributed by atoms with E-state index in [4.69, 9.17) is 0 Å². The zero-order valence-electron chi connectivity index (χ0n) is 10.1. The summed E-state index contributed by atoms with van der Waals surface area (Å²) >= 11 is 0. The maximum Gasteiger partial charge on any atom is 0.230 e. The molecule has 1 aromatic heterocycles. The molecule has 0 bridgehead atoms. The number of aromatic nitrogens is 1. The summed E-state index contributed by atoms with van der Waals surface area (Å²) < 4.78 is 24.5. The van der Waals surface area contributed by atoms with Crippen molar-refractivity contribution in [3.63, 3.8) is 0 Å². The monoisotopic (exact) mass is 242 g/mol. The number of hydrogen-bond donors (Lipinski definition) is 1. The van der Waals surface area contributed by atoms with Crippen LogP contribution in [0.5, 0.6) is 0 Å². The quantitative estimate of drug-likeness (QED) is 0.882. The van der Waals surface area contributed by atoms with Gasteiger partial charge in [0, 0.05) is 6.20 Å². The average molecular weight is 242 g/mol.